The van der Waals surface area contributed by atoms with Crippen LogP contribution in [-0.2, 0) is 17.8 Å². The van der Waals surface area contributed by atoms with Crippen molar-refractivity contribution in [3.05, 3.63) is 71.4 Å². The number of aromatic nitrogens is 2. The van der Waals surface area contributed by atoms with Crippen molar-refractivity contribution in [2.75, 3.05) is 12.4 Å². The van der Waals surface area contributed by atoms with E-state index in [1.54, 1.807) is 0 Å². The molecular formula is C22H24N4O. The number of carbonyl (C=O) groups excluding carboxylic acids is 1. The van der Waals surface area contributed by atoms with Gasteiger partial charge in [-0.2, -0.15) is 5.10 Å². The van der Waals surface area contributed by atoms with Gasteiger partial charge in [0, 0.05) is 24.2 Å². The number of carbonyl (C=O) groups is 1. The molecule has 1 aliphatic rings. The van der Waals surface area contributed by atoms with Crippen molar-refractivity contribution in [3.63, 3.8) is 0 Å². The zero-order valence-electron chi connectivity index (χ0n) is 15.5. The van der Waals surface area contributed by atoms with Gasteiger partial charge in [0.2, 0.25) is 5.91 Å². The Morgan fingerprint density at radius 1 is 1.04 bits per heavy atom. The average molecular weight is 360 g/mol. The Bertz CT molecular complexity index is 908. The maximum Gasteiger partial charge on any atom is 0.229 e. The summed E-state index contributed by atoms with van der Waals surface area (Å²) < 4.78 is 0. The van der Waals surface area contributed by atoms with Gasteiger partial charge in [-0.15, -0.1) is 0 Å². The minimum atomic E-state index is -0.0481. The van der Waals surface area contributed by atoms with Crippen LogP contribution in [0.1, 0.15) is 35.6 Å². The van der Waals surface area contributed by atoms with E-state index in [9.17, 15) is 4.79 Å². The van der Waals surface area contributed by atoms with E-state index in [-0.39, 0.29) is 5.91 Å². The standard InChI is InChI=1S/C22H24N4O/c1-23-14-16-4-8-18(9-5-16)17-6-2-15(3-7-17)12-22(27)24-21-13-20(25-26-21)19-10-11-19/h2-9,13,19,23H,10-12,14H2,1H3,(H2,24,25,26,27). The zero-order valence-corrected chi connectivity index (χ0v) is 15.5. The number of rotatable bonds is 7. The normalized spacial score (nSPS) is 13.5. The lowest BCUT2D eigenvalue weighted by molar-refractivity contribution is -0.115. The number of benzene rings is 2. The Labute approximate surface area is 159 Å². The van der Waals surface area contributed by atoms with Crippen molar-refractivity contribution in [1.29, 1.82) is 0 Å². The Balaban J connectivity index is 1.35. The number of hydrogen-bond donors (Lipinski definition) is 3. The minimum absolute atomic E-state index is 0.0481. The van der Waals surface area contributed by atoms with Crippen molar-refractivity contribution in [1.82, 2.24) is 15.5 Å². The van der Waals surface area contributed by atoms with Gasteiger partial charge < -0.3 is 10.6 Å². The van der Waals surface area contributed by atoms with Crippen molar-refractivity contribution < 1.29 is 4.79 Å². The molecule has 5 nitrogen and oxygen atoms in total. The molecule has 4 rings (SSSR count). The molecule has 3 N–H and O–H groups in total. The lowest BCUT2D eigenvalue weighted by Crippen LogP contribution is -2.14. The molecule has 5 heteroatoms. The fourth-order valence-corrected chi connectivity index (χ4v) is 3.21. The maximum absolute atomic E-state index is 12.3. The highest BCUT2D eigenvalue weighted by atomic mass is 16.1. The fraction of sp³-hybridized carbons (Fsp3) is 0.273. The third kappa shape index (κ3) is 4.44. The van der Waals surface area contributed by atoms with Crippen molar-refractivity contribution >= 4 is 11.7 Å². The summed E-state index contributed by atoms with van der Waals surface area (Å²) in [7, 11) is 1.95. The molecule has 0 aliphatic heterocycles. The topological polar surface area (TPSA) is 69.8 Å². The van der Waals surface area contributed by atoms with Crippen LogP contribution in [0.3, 0.4) is 0 Å². The molecule has 3 aromatic rings. The molecule has 0 unspecified atom stereocenters. The number of anilines is 1. The van der Waals surface area contributed by atoms with Crippen LogP contribution in [-0.4, -0.2) is 23.2 Å². The fourth-order valence-electron chi connectivity index (χ4n) is 3.21. The number of amides is 1. The largest absolute Gasteiger partial charge is 0.316 e. The summed E-state index contributed by atoms with van der Waals surface area (Å²) in [5.41, 5.74) is 5.70. The maximum atomic E-state index is 12.3. The molecule has 0 atom stereocenters. The Kier molecular flexibility index (Phi) is 5.03. The third-order valence-corrected chi connectivity index (χ3v) is 4.87. The Morgan fingerprint density at radius 2 is 1.67 bits per heavy atom. The van der Waals surface area contributed by atoms with Gasteiger partial charge in [-0.3, -0.25) is 9.89 Å². The van der Waals surface area contributed by atoms with E-state index in [4.69, 9.17) is 0 Å². The van der Waals surface area contributed by atoms with Gasteiger partial charge in [0.05, 0.1) is 6.42 Å². The first kappa shape index (κ1) is 17.5. The summed E-state index contributed by atoms with van der Waals surface area (Å²) in [5, 5.41) is 13.2. The number of H-pyrrole nitrogens is 1. The number of nitrogens with zero attached hydrogens (tertiary/aromatic N) is 1. The summed E-state index contributed by atoms with van der Waals surface area (Å²) >= 11 is 0. The van der Waals surface area contributed by atoms with Crippen LogP contribution in [0.15, 0.2) is 54.6 Å². The van der Waals surface area contributed by atoms with Crippen molar-refractivity contribution in [3.8, 4) is 11.1 Å². The van der Waals surface area contributed by atoms with Crippen LogP contribution in [0.5, 0.6) is 0 Å². The van der Waals surface area contributed by atoms with Gasteiger partial charge in [-0.25, -0.2) is 0 Å². The molecule has 0 spiro atoms. The zero-order chi connectivity index (χ0) is 18.6. The van der Waals surface area contributed by atoms with Gasteiger partial charge >= 0.3 is 0 Å². The van der Waals surface area contributed by atoms with E-state index in [0.717, 1.165) is 23.4 Å². The van der Waals surface area contributed by atoms with Crippen LogP contribution in [0.25, 0.3) is 11.1 Å². The van der Waals surface area contributed by atoms with E-state index < -0.39 is 0 Å². The molecule has 1 aromatic heterocycles. The summed E-state index contributed by atoms with van der Waals surface area (Å²) in [6.45, 7) is 0.868. The van der Waals surface area contributed by atoms with Crippen molar-refractivity contribution in [2.24, 2.45) is 0 Å². The molecule has 1 fully saturated rings. The molecule has 1 saturated carbocycles. The lowest BCUT2D eigenvalue weighted by Gasteiger charge is -2.06. The Hall–Kier alpha value is -2.92. The van der Waals surface area contributed by atoms with E-state index in [2.05, 4.69) is 57.2 Å². The van der Waals surface area contributed by atoms with E-state index >= 15 is 0 Å². The molecule has 0 radical (unpaired) electrons. The highest BCUT2D eigenvalue weighted by Crippen LogP contribution is 2.39. The first-order valence-electron chi connectivity index (χ1n) is 9.39. The summed E-state index contributed by atoms with van der Waals surface area (Å²) in [6.07, 6.45) is 2.76. The van der Waals surface area contributed by atoms with E-state index in [0.29, 0.717) is 18.2 Å². The smallest absolute Gasteiger partial charge is 0.229 e. The van der Waals surface area contributed by atoms with Crippen LogP contribution in [0.2, 0.25) is 0 Å². The van der Waals surface area contributed by atoms with Crippen LogP contribution in [0, 0.1) is 0 Å². The average Bonchev–Trinajstić information content (AvgIpc) is 3.43. The van der Waals surface area contributed by atoms with Crippen LogP contribution < -0.4 is 10.6 Å². The highest BCUT2D eigenvalue weighted by molar-refractivity contribution is 5.91. The van der Waals surface area contributed by atoms with Gasteiger partial charge in [0.25, 0.3) is 0 Å². The van der Waals surface area contributed by atoms with Crippen molar-refractivity contribution in [2.45, 2.75) is 31.7 Å². The number of hydrogen-bond acceptors (Lipinski definition) is 3. The second-order valence-corrected chi connectivity index (χ2v) is 7.13. The number of aromatic amines is 1. The van der Waals surface area contributed by atoms with E-state index in [1.165, 1.54) is 24.0 Å². The molecule has 1 aliphatic carbocycles. The van der Waals surface area contributed by atoms with Gasteiger partial charge in [0.1, 0.15) is 0 Å². The minimum Gasteiger partial charge on any atom is -0.316 e. The van der Waals surface area contributed by atoms with E-state index in [1.807, 2.05) is 25.2 Å². The molecule has 1 heterocycles. The molecule has 2 aromatic carbocycles. The summed E-state index contributed by atoms with van der Waals surface area (Å²) in [6, 6.07) is 18.6. The molecule has 0 saturated heterocycles. The molecule has 0 bridgehead atoms. The van der Waals surface area contributed by atoms with Gasteiger partial charge in [-0.1, -0.05) is 48.5 Å². The molecular weight excluding hydrogens is 336 g/mol. The SMILES string of the molecule is CNCc1ccc(-c2ccc(CC(=O)Nc3cc(C4CC4)[nH]n3)cc2)cc1. The molecule has 138 valence electrons. The second-order valence-electron chi connectivity index (χ2n) is 7.13. The van der Waals surface area contributed by atoms with Gasteiger partial charge in [-0.05, 0) is 42.1 Å². The number of nitrogens with one attached hydrogen (secondary N) is 3. The van der Waals surface area contributed by atoms with Crippen LogP contribution in [0.4, 0.5) is 5.82 Å². The summed E-state index contributed by atoms with van der Waals surface area (Å²) in [4.78, 5) is 12.3. The molecule has 1 amide bonds. The first-order chi connectivity index (χ1) is 13.2. The lowest BCUT2D eigenvalue weighted by atomic mass is 10.0. The Morgan fingerprint density at radius 3 is 2.26 bits per heavy atom. The second kappa shape index (κ2) is 7.76. The predicted octanol–water partition coefficient (Wildman–Crippen LogP) is 3.85. The third-order valence-electron chi connectivity index (χ3n) is 4.87. The first-order valence-corrected chi connectivity index (χ1v) is 9.39. The quantitative estimate of drug-likeness (QED) is 0.599. The monoisotopic (exact) mass is 360 g/mol. The van der Waals surface area contributed by atoms with Crippen LogP contribution >= 0.6 is 0 Å². The molecule has 27 heavy (non-hydrogen) atoms. The predicted molar refractivity (Wildman–Crippen MR) is 108 cm³/mol. The van der Waals surface area contributed by atoms with Gasteiger partial charge in [0.15, 0.2) is 5.82 Å². The highest BCUT2D eigenvalue weighted by Gasteiger charge is 2.25. The summed E-state index contributed by atoms with van der Waals surface area (Å²) in [5.74, 6) is 1.16.